The van der Waals surface area contributed by atoms with E-state index in [0.717, 1.165) is 5.01 Å². The molecule has 0 aliphatic carbocycles. The zero-order chi connectivity index (χ0) is 14.9. The number of nitrogens with zero attached hydrogens (tertiary/aromatic N) is 3. The van der Waals surface area contributed by atoms with Gasteiger partial charge in [-0.3, -0.25) is 4.79 Å². The fourth-order valence-corrected chi connectivity index (χ4v) is 2.96. The lowest BCUT2D eigenvalue weighted by Crippen LogP contribution is -2.26. The van der Waals surface area contributed by atoms with Crippen molar-refractivity contribution in [2.45, 2.75) is 39.8 Å². The number of nitrogens with one attached hydrogen (secondary N) is 1. The normalized spacial score (nSPS) is 12.7. The van der Waals surface area contributed by atoms with Crippen LogP contribution in [0.15, 0.2) is 21.7 Å². The van der Waals surface area contributed by atoms with Crippen LogP contribution in [0.5, 0.6) is 0 Å². The minimum Gasteiger partial charge on any atom is -0.374 e. The molecule has 0 saturated carbocycles. The predicted molar refractivity (Wildman–Crippen MR) is 85.5 cm³/mol. The van der Waals surface area contributed by atoms with Crippen LogP contribution in [0.4, 0.5) is 5.69 Å². The first-order chi connectivity index (χ1) is 9.40. The lowest BCUT2D eigenvalue weighted by molar-refractivity contribution is 0.501. The zero-order valence-corrected chi connectivity index (χ0v) is 14.2. The number of rotatable bonds is 4. The molecule has 5 nitrogen and oxygen atoms in total. The monoisotopic (exact) mass is 356 g/mol. The van der Waals surface area contributed by atoms with E-state index in [1.54, 1.807) is 17.5 Å². The van der Waals surface area contributed by atoms with Gasteiger partial charge in [0.25, 0.3) is 5.56 Å². The molecule has 20 heavy (non-hydrogen) atoms. The molecular formula is C13H17BrN4OS. The van der Waals surface area contributed by atoms with E-state index in [2.05, 4.69) is 31.3 Å². The van der Waals surface area contributed by atoms with Gasteiger partial charge in [-0.05, 0) is 43.6 Å². The number of anilines is 1. The van der Waals surface area contributed by atoms with Gasteiger partial charge in [0.1, 0.15) is 9.48 Å². The molecule has 2 aromatic rings. The molecule has 108 valence electrons. The van der Waals surface area contributed by atoms with Gasteiger partial charge in [-0.15, -0.1) is 11.3 Å². The van der Waals surface area contributed by atoms with E-state index in [1.807, 2.05) is 33.9 Å². The maximum atomic E-state index is 12.2. The maximum Gasteiger partial charge on any atom is 0.283 e. The van der Waals surface area contributed by atoms with E-state index in [0.29, 0.717) is 10.2 Å². The van der Waals surface area contributed by atoms with Crippen LogP contribution in [0, 0.1) is 6.92 Å². The van der Waals surface area contributed by atoms with Crippen LogP contribution in [0.2, 0.25) is 0 Å². The van der Waals surface area contributed by atoms with Crippen LogP contribution in [0.25, 0.3) is 0 Å². The Kier molecular flexibility index (Phi) is 4.59. The van der Waals surface area contributed by atoms with Crippen LogP contribution >= 0.6 is 27.3 Å². The van der Waals surface area contributed by atoms with Gasteiger partial charge in [-0.2, -0.15) is 5.10 Å². The molecule has 1 unspecified atom stereocenters. The third-order valence-corrected chi connectivity index (χ3v) is 4.68. The van der Waals surface area contributed by atoms with Crippen LogP contribution in [0.1, 0.15) is 42.7 Å². The number of hydrogen-bond donors (Lipinski definition) is 1. The second-order valence-electron chi connectivity index (χ2n) is 4.89. The summed E-state index contributed by atoms with van der Waals surface area (Å²) in [6.07, 6.45) is 3.52. The molecule has 0 fully saturated rings. The highest BCUT2D eigenvalue weighted by Gasteiger charge is 2.15. The first kappa shape index (κ1) is 15.2. The van der Waals surface area contributed by atoms with E-state index in [9.17, 15) is 4.79 Å². The van der Waals surface area contributed by atoms with Crippen molar-refractivity contribution in [2.75, 3.05) is 5.32 Å². The average molecular weight is 357 g/mol. The lowest BCUT2D eigenvalue weighted by Gasteiger charge is -2.15. The van der Waals surface area contributed by atoms with E-state index in [4.69, 9.17) is 0 Å². The average Bonchev–Trinajstić information content (AvgIpc) is 2.81. The molecule has 0 radical (unpaired) electrons. The molecule has 1 N–H and O–H groups in total. The Morgan fingerprint density at radius 3 is 2.60 bits per heavy atom. The molecule has 0 amide bonds. The molecule has 0 saturated heterocycles. The van der Waals surface area contributed by atoms with Gasteiger partial charge in [-0.25, -0.2) is 9.67 Å². The third-order valence-electron chi connectivity index (χ3n) is 2.81. The molecule has 0 aliphatic rings. The molecule has 0 aliphatic heterocycles. The van der Waals surface area contributed by atoms with E-state index in [-0.39, 0.29) is 17.6 Å². The Balaban J connectivity index is 2.26. The molecule has 0 bridgehead atoms. The smallest absolute Gasteiger partial charge is 0.283 e. The fourth-order valence-electron chi connectivity index (χ4n) is 1.78. The topological polar surface area (TPSA) is 59.8 Å². The highest BCUT2D eigenvalue weighted by Crippen LogP contribution is 2.25. The minimum absolute atomic E-state index is 0.0288. The summed E-state index contributed by atoms with van der Waals surface area (Å²) in [4.78, 5) is 17.7. The highest BCUT2D eigenvalue weighted by molar-refractivity contribution is 9.10. The van der Waals surface area contributed by atoms with Gasteiger partial charge in [0.2, 0.25) is 0 Å². The summed E-state index contributed by atoms with van der Waals surface area (Å²) in [7, 11) is 0. The Hall–Kier alpha value is -1.21. The summed E-state index contributed by atoms with van der Waals surface area (Å²) >= 11 is 4.99. The first-order valence-corrected chi connectivity index (χ1v) is 7.97. The molecule has 2 rings (SSSR count). The van der Waals surface area contributed by atoms with Gasteiger partial charge in [0.05, 0.1) is 24.0 Å². The van der Waals surface area contributed by atoms with Crippen LogP contribution in [-0.2, 0) is 0 Å². The number of thiazole rings is 1. The molecule has 1 atom stereocenters. The maximum absolute atomic E-state index is 12.2. The third kappa shape index (κ3) is 3.09. The number of hydrogen-bond acceptors (Lipinski definition) is 5. The number of aryl methyl sites for hydroxylation is 1. The van der Waals surface area contributed by atoms with Gasteiger partial charge in [0, 0.05) is 11.1 Å². The first-order valence-electron chi connectivity index (χ1n) is 6.36. The lowest BCUT2D eigenvalue weighted by atomic mass is 10.3. The van der Waals surface area contributed by atoms with Crippen LogP contribution < -0.4 is 10.9 Å². The molecule has 2 aromatic heterocycles. The van der Waals surface area contributed by atoms with E-state index >= 15 is 0 Å². The van der Waals surface area contributed by atoms with Crippen LogP contribution in [0.3, 0.4) is 0 Å². The molecule has 0 aromatic carbocycles. The summed E-state index contributed by atoms with van der Waals surface area (Å²) in [5.41, 5.74) is 0.555. The largest absolute Gasteiger partial charge is 0.374 e. The summed E-state index contributed by atoms with van der Waals surface area (Å²) < 4.78 is 1.95. The minimum atomic E-state index is -0.132. The van der Waals surface area contributed by atoms with Crippen molar-refractivity contribution in [2.24, 2.45) is 0 Å². The Morgan fingerprint density at radius 2 is 2.05 bits per heavy atom. The van der Waals surface area contributed by atoms with E-state index < -0.39 is 0 Å². The Bertz CT molecular complexity index is 665. The summed E-state index contributed by atoms with van der Waals surface area (Å²) in [6.45, 7) is 7.89. The Morgan fingerprint density at radius 1 is 1.35 bits per heavy atom. The van der Waals surface area contributed by atoms with Crippen molar-refractivity contribution in [3.63, 3.8) is 0 Å². The second-order valence-corrected chi connectivity index (χ2v) is 6.95. The molecule has 7 heteroatoms. The van der Waals surface area contributed by atoms with Crippen molar-refractivity contribution in [3.8, 4) is 0 Å². The van der Waals surface area contributed by atoms with Crippen molar-refractivity contribution in [1.29, 1.82) is 0 Å². The van der Waals surface area contributed by atoms with Gasteiger partial charge in [-0.1, -0.05) is 0 Å². The number of halogens is 1. The molecule has 2 heterocycles. The van der Waals surface area contributed by atoms with E-state index in [1.165, 1.54) is 9.56 Å². The molecule has 0 spiro atoms. The van der Waals surface area contributed by atoms with Gasteiger partial charge >= 0.3 is 0 Å². The second kappa shape index (κ2) is 6.05. The summed E-state index contributed by atoms with van der Waals surface area (Å²) in [5.74, 6) is 0. The Labute approximate surface area is 130 Å². The van der Waals surface area contributed by atoms with Gasteiger partial charge < -0.3 is 5.32 Å². The SMILES string of the molecule is Cc1cnc(C(C)Nc2cnn(C(C)C)c(=O)c2Br)s1. The predicted octanol–water partition coefficient (Wildman–Crippen LogP) is 3.52. The van der Waals surface area contributed by atoms with Crippen molar-refractivity contribution in [3.05, 3.63) is 37.1 Å². The zero-order valence-electron chi connectivity index (χ0n) is 11.8. The highest BCUT2D eigenvalue weighted by atomic mass is 79.9. The summed E-state index contributed by atoms with van der Waals surface area (Å²) in [5, 5.41) is 8.45. The van der Waals surface area contributed by atoms with Crippen molar-refractivity contribution in [1.82, 2.24) is 14.8 Å². The standard InChI is InChI=1S/C13H17BrN4OS/c1-7(2)18-13(19)11(14)10(6-16-18)17-9(4)12-15-5-8(3)20-12/h5-7,9,17H,1-4H3. The fraction of sp³-hybridized carbons (Fsp3) is 0.462. The van der Waals surface area contributed by atoms with Gasteiger partial charge in [0.15, 0.2) is 0 Å². The van der Waals surface area contributed by atoms with Crippen LogP contribution in [-0.4, -0.2) is 14.8 Å². The quantitative estimate of drug-likeness (QED) is 0.910. The number of aromatic nitrogens is 3. The van der Waals surface area contributed by atoms with Crippen molar-refractivity contribution < 1.29 is 0 Å². The summed E-state index contributed by atoms with van der Waals surface area (Å²) in [6, 6.07) is 0.0629. The molecular weight excluding hydrogens is 340 g/mol. The van der Waals surface area contributed by atoms with Crippen molar-refractivity contribution >= 4 is 33.0 Å².